The van der Waals surface area contributed by atoms with E-state index < -0.39 is 0 Å². The van der Waals surface area contributed by atoms with E-state index in [1.54, 1.807) is 11.0 Å². The molecule has 2 N–H and O–H groups in total. The first-order valence-electron chi connectivity index (χ1n) is 6.07. The van der Waals surface area contributed by atoms with Crippen molar-refractivity contribution in [2.75, 3.05) is 18.5 Å². The first kappa shape index (κ1) is 13.2. The topological polar surface area (TPSA) is 52.6 Å². The molecule has 1 aromatic carbocycles. The Hall–Kier alpha value is -1.26. The van der Waals surface area contributed by atoms with E-state index in [0.717, 1.165) is 18.4 Å². The van der Waals surface area contributed by atoms with Crippen LogP contribution in [-0.2, 0) is 0 Å². The van der Waals surface area contributed by atoms with Crippen molar-refractivity contribution in [1.29, 1.82) is 0 Å². The minimum absolute atomic E-state index is 0.00885. The minimum atomic E-state index is -0.192. The van der Waals surface area contributed by atoms with E-state index in [9.17, 15) is 9.90 Å². The van der Waals surface area contributed by atoms with Gasteiger partial charge in [0.1, 0.15) is 0 Å². The molecular formula is C13H17ClN2O2. The average Bonchev–Trinajstić information content (AvgIpc) is 2.82. The third-order valence-corrected chi connectivity index (χ3v) is 3.62. The lowest BCUT2D eigenvalue weighted by Gasteiger charge is -2.24. The summed E-state index contributed by atoms with van der Waals surface area (Å²) in [6.45, 7) is 2.59. The number of hydrogen-bond donors (Lipinski definition) is 2. The van der Waals surface area contributed by atoms with Crippen molar-refractivity contribution in [1.82, 2.24) is 4.90 Å². The molecule has 2 amide bonds. The molecule has 4 nitrogen and oxygen atoms in total. The summed E-state index contributed by atoms with van der Waals surface area (Å²) in [5.74, 6) is 0. The van der Waals surface area contributed by atoms with Crippen LogP contribution in [0.4, 0.5) is 10.5 Å². The second kappa shape index (κ2) is 5.59. The normalized spacial score (nSPS) is 19.1. The predicted molar refractivity (Wildman–Crippen MR) is 72.0 cm³/mol. The maximum Gasteiger partial charge on any atom is 0.322 e. The van der Waals surface area contributed by atoms with Crippen LogP contribution in [0.5, 0.6) is 0 Å². The van der Waals surface area contributed by atoms with Gasteiger partial charge in [0.05, 0.1) is 23.4 Å². The predicted octanol–water partition coefficient (Wildman–Crippen LogP) is 2.64. The molecule has 0 unspecified atom stereocenters. The van der Waals surface area contributed by atoms with E-state index in [-0.39, 0.29) is 18.7 Å². The van der Waals surface area contributed by atoms with Gasteiger partial charge in [-0.15, -0.1) is 0 Å². The van der Waals surface area contributed by atoms with Gasteiger partial charge in [0.25, 0.3) is 0 Å². The highest BCUT2D eigenvalue weighted by molar-refractivity contribution is 6.33. The van der Waals surface area contributed by atoms with Gasteiger partial charge in [-0.1, -0.05) is 23.7 Å². The van der Waals surface area contributed by atoms with E-state index >= 15 is 0 Å². The molecule has 1 aromatic rings. The highest BCUT2D eigenvalue weighted by Gasteiger charge is 2.28. The lowest BCUT2D eigenvalue weighted by atomic mass is 10.2. The van der Waals surface area contributed by atoms with Crippen LogP contribution in [-0.4, -0.2) is 35.2 Å². The summed E-state index contributed by atoms with van der Waals surface area (Å²) in [5, 5.41) is 12.6. The van der Waals surface area contributed by atoms with Crippen molar-refractivity contribution in [3.63, 3.8) is 0 Å². The fraction of sp³-hybridized carbons (Fsp3) is 0.462. The number of carbonyl (C=O) groups is 1. The minimum Gasteiger partial charge on any atom is -0.394 e. The van der Waals surface area contributed by atoms with Crippen molar-refractivity contribution in [2.45, 2.75) is 25.8 Å². The lowest BCUT2D eigenvalue weighted by molar-refractivity contribution is 0.166. The number of benzene rings is 1. The fourth-order valence-electron chi connectivity index (χ4n) is 2.26. The standard InChI is InChI=1S/C13H17ClN2O2/c1-9-4-2-6-11(14)12(9)15-13(18)16-7-3-5-10(16)8-17/h2,4,6,10,17H,3,5,7-8H2,1H3,(H,15,18)/t10-/m0/s1. The number of amides is 2. The Balaban J connectivity index is 2.12. The molecule has 0 saturated carbocycles. The number of aliphatic hydroxyl groups is 1. The number of hydrogen-bond acceptors (Lipinski definition) is 2. The van der Waals surface area contributed by atoms with Gasteiger partial charge in [-0.05, 0) is 31.4 Å². The molecule has 0 spiro atoms. The first-order chi connectivity index (χ1) is 8.63. The summed E-state index contributed by atoms with van der Waals surface area (Å²) < 4.78 is 0. The van der Waals surface area contributed by atoms with Crippen LogP contribution in [0.25, 0.3) is 0 Å². The third kappa shape index (κ3) is 2.60. The van der Waals surface area contributed by atoms with E-state index in [4.69, 9.17) is 11.6 Å². The van der Waals surface area contributed by atoms with Crippen LogP contribution < -0.4 is 5.32 Å². The number of likely N-dealkylation sites (tertiary alicyclic amines) is 1. The summed E-state index contributed by atoms with van der Waals surface area (Å²) in [5.41, 5.74) is 1.57. The molecule has 98 valence electrons. The molecule has 2 rings (SSSR count). The molecule has 1 atom stereocenters. The number of aryl methyl sites for hydroxylation is 1. The summed E-state index contributed by atoms with van der Waals surface area (Å²) >= 11 is 6.07. The zero-order chi connectivity index (χ0) is 13.1. The Labute approximate surface area is 112 Å². The maximum atomic E-state index is 12.1. The van der Waals surface area contributed by atoms with Crippen molar-refractivity contribution >= 4 is 23.3 Å². The third-order valence-electron chi connectivity index (χ3n) is 3.30. The van der Waals surface area contributed by atoms with Crippen molar-refractivity contribution in [3.05, 3.63) is 28.8 Å². The molecule has 1 heterocycles. The highest BCUT2D eigenvalue weighted by Crippen LogP contribution is 2.26. The van der Waals surface area contributed by atoms with Gasteiger partial charge < -0.3 is 15.3 Å². The number of rotatable bonds is 2. The number of urea groups is 1. The maximum absolute atomic E-state index is 12.1. The summed E-state index contributed by atoms with van der Waals surface area (Å²) in [4.78, 5) is 13.8. The quantitative estimate of drug-likeness (QED) is 0.866. The van der Waals surface area contributed by atoms with E-state index in [1.165, 1.54) is 0 Å². The second-order valence-electron chi connectivity index (χ2n) is 4.53. The van der Waals surface area contributed by atoms with Gasteiger partial charge in [-0.3, -0.25) is 0 Å². The fourth-order valence-corrected chi connectivity index (χ4v) is 2.53. The van der Waals surface area contributed by atoms with E-state index in [2.05, 4.69) is 5.32 Å². The average molecular weight is 269 g/mol. The largest absolute Gasteiger partial charge is 0.394 e. The van der Waals surface area contributed by atoms with Gasteiger partial charge in [0.15, 0.2) is 0 Å². The molecular weight excluding hydrogens is 252 g/mol. The van der Waals surface area contributed by atoms with Crippen molar-refractivity contribution in [2.24, 2.45) is 0 Å². The van der Waals surface area contributed by atoms with Crippen LogP contribution in [0.15, 0.2) is 18.2 Å². The monoisotopic (exact) mass is 268 g/mol. The Kier molecular flexibility index (Phi) is 4.09. The molecule has 1 aliphatic heterocycles. The number of nitrogens with zero attached hydrogens (tertiary/aromatic N) is 1. The molecule has 0 bridgehead atoms. The Bertz CT molecular complexity index is 430. The van der Waals surface area contributed by atoms with E-state index in [0.29, 0.717) is 17.3 Å². The molecule has 5 heteroatoms. The Morgan fingerprint density at radius 1 is 1.61 bits per heavy atom. The van der Waals surface area contributed by atoms with Gasteiger partial charge in [0, 0.05) is 6.54 Å². The summed E-state index contributed by atoms with van der Waals surface area (Å²) in [6.07, 6.45) is 1.78. The molecule has 0 aromatic heterocycles. The Morgan fingerprint density at radius 2 is 2.39 bits per heavy atom. The van der Waals surface area contributed by atoms with Gasteiger partial charge >= 0.3 is 6.03 Å². The van der Waals surface area contributed by atoms with Gasteiger partial charge in [-0.25, -0.2) is 4.79 Å². The molecule has 0 aliphatic carbocycles. The number of halogens is 1. The molecule has 18 heavy (non-hydrogen) atoms. The van der Waals surface area contributed by atoms with Crippen LogP contribution in [0, 0.1) is 6.92 Å². The molecule has 1 fully saturated rings. The number of anilines is 1. The number of para-hydroxylation sites is 1. The number of nitrogens with one attached hydrogen (secondary N) is 1. The summed E-state index contributed by atoms with van der Waals surface area (Å²) in [6, 6.07) is 5.22. The van der Waals surface area contributed by atoms with Crippen LogP contribution >= 0.6 is 11.6 Å². The van der Waals surface area contributed by atoms with Crippen LogP contribution in [0.2, 0.25) is 5.02 Å². The molecule has 1 saturated heterocycles. The lowest BCUT2D eigenvalue weighted by Crippen LogP contribution is -2.40. The highest BCUT2D eigenvalue weighted by atomic mass is 35.5. The van der Waals surface area contributed by atoms with Crippen molar-refractivity contribution in [3.8, 4) is 0 Å². The van der Waals surface area contributed by atoms with Crippen LogP contribution in [0.1, 0.15) is 18.4 Å². The first-order valence-corrected chi connectivity index (χ1v) is 6.45. The zero-order valence-electron chi connectivity index (χ0n) is 10.3. The van der Waals surface area contributed by atoms with E-state index in [1.807, 2.05) is 19.1 Å². The van der Waals surface area contributed by atoms with Crippen molar-refractivity contribution < 1.29 is 9.90 Å². The second-order valence-corrected chi connectivity index (χ2v) is 4.94. The SMILES string of the molecule is Cc1cccc(Cl)c1NC(=O)N1CCC[C@H]1CO. The van der Waals surface area contributed by atoms with Crippen LogP contribution in [0.3, 0.4) is 0 Å². The smallest absolute Gasteiger partial charge is 0.322 e. The molecule has 0 radical (unpaired) electrons. The Morgan fingerprint density at radius 3 is 3.06 bits per heavy atom. The zero-order valence-corrected chi connectivity index (χ0v) is 11.1. The number of aliphatic hydroxyl groups excluding tert-OH is 1. The molecule has 1 aliphatic rings. The number of carbonyl (C=O) groups excluding carboxylic acids is 1. The van der Waals surface area contributed by atoms with Gasteiger partial charge in [0.2, 0.25) is 0 Å². The summed E-state index contributed by atoms with van der Waals surface area (Å²) in [7, 11) is 0. The van der Waals surface area contributed by atoms with Gasteiger partial charge in [-0.2, -0.15) is 0 Å².